The molecule has 1 N–H and O–H groups in total. The second-order valence-corrected chi connectivity index (χ2v) is 5.02. The Balaban J connectivity index is 2.04. The Hall–Kier alpha value is -1.07. The molecule has 0 aliphatic carbocycles. The first-order valence-corrected chi connectivity index (χ1v) is 6.65. The Morgan fingerprint density at radius 3 is 2.47 bits per heavy atom. The molecule has 1 aliphatic rings. The SMILES string of the molecule is CC(NN1CCCCC1)c1cccc(C(F)(F)F)c1. The molecule has 19 heavy (non-hydrogen) atoms. The number of rotatable bonds is 3. The summed E-state index contributed by atoms with van der Waals surface area (Å²) in [7, 11) is 0. The average Bonchev–Trinajstić information content (AvgIpc) is 2.39. The topological polar surface area (TPSA) is 15.3 Å². The molecule has 1 fully saturated rings. The Morgan fingerprint density at radius 2 is 1.84 bits per heavy atom. The number of piperidine rings is 1. The van der Waals surface area contributed by atoms with Crippen LogP contribution in [-0.2, 0) is 6.18 Å². The van der Waals surface area contributed by atoms with Gasteiger partial charge in [-0.05, 0) is 37.5 Å². The van der Waals surface area contributed by atoms with Gasteiger partial charge < -0.3 is 0 Å². The highest BCUT2D eigenvalue weighted by atomic mass is 19.4. The van der Waals surface area contributed by atoms with E-state index in [4.69, 9.17) is 0 Å². The zero-order valence-electron chi connectivity index (χ0n) is 11.0. The van der Waals surface area contributed by atoms with Crippen molar-refractivity contribution in [1.29, 1.82) is 0 Å². The van der Waals surface area contributed by atoms with Crippen molar-refractivity contribution in [2.24, 2.45) is 0 Å². The molecular weight excluding hydrogens is 253 g/mol. The van der Waals surface area contributed by atoms with Gasteiger partial charge in [-0.3, -0.25) is 0 Å². The van der Waals surface area contributed by atoms with E-state index >= 15 is 0 Å². The van der Waals surface area contributed by atoms with Crippen LogP contribution in [0.1, 0.15) is 43.4 Å². The maximum atomic E-state index is 12.7. The van der Waals surface area contributed by atoms with Crippen molar-refractivity contribution >= 4 is 0 Å². The molecule has 106 valence electrons. The molecule has 5 heteroatoms. The fraction of sp³-hybridized carbons (Fsp3) is 0.571. The molecule has 1 atom stereocenters. The monoisotopic (exact) mass is 272 g/mol. The van der Waals surface area contributed by atoms with Crippen LogP contribution in [0.3, 0.4) is 0 Å². The molecule has 2 nitrogen and oxygen atoms in total. The molecule has 1 aromatic rings. The largest absolute Gasteiger partial charge is 0.416 e. The summed E-state index contributed by atoms with van der Waals surface area (Å²) in [5, 5.41) is 2.11. The molecule has 1 heterocycles. The van der Waals surface area contributed by atoms with Gasteiger partial charge in [-0.15, -0.1) is 0 Å². The lowest BCUT2D eigenvalue weighted by Gasteiger charge is -2.30. The van der Waals surface area contributed by atoms with E-state index in [1.807, 2.05) is 6.92 Å². The van der Waals surface area contributed by atoms with Crippen molar-refractivity contribution < 1.29 is 13.2 Å². The Morgan fingerprint density at radius 1 is 1.16 bits per heavy atom. The number of hydrogen-bond donors (Lipinski definition) is 1. The van der Waals surface area contributed by atoms with E-state index in [-0.39, 0.29) is 6.04 Å². The summed E-state index contributed by atoms with van der Waals surface area (Å²) in [5.41, 5.74) is 3.36. The van der Waals surface area contributed by atoms with E-state index in [1.165, 1.54) is 18.6 Å². The minimum atomic E-state index is -4.28. The summed E-state index contributed by atoms with van der Waals surface area (Å²) in [6.45, 7) is 3.82. The van der Waals surface area contributed by atoms with Crippen LogP contribution in [0, 0.1) is 0 Å². The van der Waals surface area contributed by atoms with Crippen LogP contribution in [-0.4, -0.2) is 18.1 Å². The Kier molecular flexibility index (Phi) is 4.47. The van der Waals surface area contributed by atoms with Crippen molar-refractivity contribution in [2.75, 3.05) is 13.1 Å². The van der Waals surface area contributed by atoms with E-state index in [0.29, 0.717) is 5.56 Å². The second-order valence-electron chi connectivity index (χ2n) is 5.02. The number of nitrogens with one attached hydrogen (secondary N) is 1. The van der Waals surface area contributed by atoms with E-state index in [2.05, 4.69) is 10.4 Å². The van der Waals surface area contributed by atoms with Gasteiger partial charge in [-0.25, -0.2) is 10.4 Å². The molecule has 1 unspecified atom stereocenters. The summed E-state index contributed by atoms with van der Waals surface area (Å²) in [4.78, 5) is 0. The molecule has 1 aromatic carbocycles. The highest BCUT2D eigenvalue weighted by Gasteiger charge is 2.30. The van der Waals surface area contributed by atoms with Crippen molar-refractivity contribution in [3.05, 3.63) is 35.4 Å². The summed E-state index contributed by atoms with van der Waals surface area (Å²) in [6, 6.07) is 5.42. The fourth-order valence-corrected chi connectivity index (χ4v) is 2.36. The van der Waals surface area contributed by atoms with Crippen LogP contribution in [0.2, 0.25) is 0 Å². The molecular formula is C14H19F3N2. The molecule has 0 amide bonds. The number of hydrogen-bond acceptors (Lipinski definition) is 2. The van der Waals surface area contributed by atoms with E-state index < -0.39 is 11.7 Å². The van der Waals surface area contributed by atoms with Gasteiger partial charge in [-0.1, -0.05) is 18.6 Å². The standard InChI is InChI=1S/C14H19F3N2/c1-11(18-19-8-3-2-4-9-19)12-6-5-7-13(10-12)14(15,16)17/h5-7,10-11,18H,2-4,8-9H2,1H3. The predicted octanol–water partition coefficient (Wildman–Crippen LogP) is 3.76. The van der Waals surface area contributed by atoms with E-state index in [1.54, 1.807) is 6.07 Å². The van der Waals surface area contributed by atoms with Crippen LogP contribution >= 0.6 is 0 Å². The van der Waals surface area contributed by atoms with Crippen LogP contribution in [0.15, 0.2) is 24.3 Å². The van der Waals surface area contributed by atoms with Crippen molar-refractivity contribution in [2.45, 2.75) is 38.4 Å². The Bertz CT molecular complexity index is 411. The van der Waals surface area contributed by atoms with Crippen LogP contribution in [0.4, 0.5) is 13.2 Å². The van der Waals surface area contributed by atoms with Gasteiger partial charge in [0.25, 0.3) is 0 Å². The van der Waals surface area contributed by atoms with Crippen LogP contribution < -0.4 is 5.43 Å². The van der Waals surface area contributed by atoms with E-state index in [0.717, 1.165) is 32.0 Å². The van der Waals surface area contributed by atoms with Gasteiger partial charge >= 0.3 is 6.18 Å². The van der Waals surface area contributed by atoms with Gasteiger partial charge in [0.05, 0.1) is 5.56 Å². The molecule has 1 saturated heterocycles. The quantitative estimate of drug-likeness (QED) is 0.901. The fourth-order valence-electron chi connectivity index (χ4n) is 2.36. The molecule has 1 aliphatic heterocycles. The molecule has 0 spiro atoms. The molecule has 0 bridgehead atoms. The lowest BCUT2D eigenvalue weighted by Crippen LogP contribution is -2.42. The first-order valence-electron chi connectivity index (χ1n) is 6.65. The highest BCUT2D eigenvalue weighted by Crippen LogP contribution is 2.30. The van der Waals surface area contributed by atoms with Gasteiger partial charge in [0.15, 0.2) is 0 Å². The van der Waals surface area contributed by atoms with Gasteiger partial charge in [0.2, 0.25) is 0 Å². The zero-order valence-corrected chi connectivity index (χ0v) is 11.0. The summed E-state index contributed by atoms with van der Waals surface area (Å²) in [5.74, 6) is 0. The number of halogens is 3. The third kappa shape index (κ3) is 3.94. The van der Waals surface area contributed by atoms with Gasteiger partial charge in [-0.2, -0.15) is 13.2 Å². The molecule has 0 saturated carbocycles. The minimum Gasteiger partial charge on any atom is -0.248 e. The van der Waals surface area contributed by atoms with E-state index in [9.17, 15) is 13.2 Å². The maximum Gasteiger partial charge on any atom is 0.416 e. The third-order valence-electron chi connectivity index (χ3n) is 3.45. The normalized spacial score (nSPS) is 19.4. The highest BCUT2D eigenvalue weighted by molar-refractivity contribution is 5.27. The number of alkyl halides is 3. The van der Waals surface area contributed by atoms with Crippen LogP contribution in [0.25, 0.3) is 0 Å². The molecule has 0 aromatic heterocycles. The van der Waals surface area contributed by atoms with Gasteiger partial charge in [0, 0.05) is 19.1 Å². The Labute approximate surface area is 111 Å². The zero-order chi connectivity index (χ0) is 13.9. The number of benzene rings is 1. The third-order valence-corrected chi connectivity index (χ3v) is 3.45. The molecule has 0 radical (unpaired) electrons. The second kappa shape index (κ2) is 5.92. The van der Waals surface area contributed by atoms with Crippen LogP contribution in [0.5, 0.6) is 0 Å². The van der Waals surface area contributed by atoms with Crippen molar-refractivity contribution in [3.63, 3.8) is 0 Å². The number of nitrogens with zero attached hydrogens (tertiary/aromatic N) is 1. The summed E-state index contributed by atoms with van der Waals surface area (Å²) in [6.07, 6.45) is -0.762. The van der Waals surface area contributed by atoms with Crippen molar-refractivity contribution in [1.82, 2.24) is 10.4 Å². The molecule has 2 rings (SSSR count). The minimum absolute atomic E-state index is 0.111. The lowest BCUT2D eigenvalue weighted by atomic mass is 10.1. The summed E-state index contributed by atoms with van der Waals surface area (Å²) >= 11 is 0. The smallest absolute Gasteiger partial charge is 0.248 e. The average molecular weight is 272 g/mol. The number of hydrazine groups is 1. The lowest BCUT2D eigenvalue weighted by molar-refractivity contribution is -0.137. The predicted molar refractivity (Wildman–Crippen MR) is 68.4 cm³/mol. The summed E-state index contributed by atoms with van der Waals surface area (Å²) < 4.78 is 38.0. The van der Waals surface area contributed by atoms with Gasteiger partial charge in [0.1, 0.15) is 0 Å². The van der Waals surface area contributed by atoms with Crippen molar-refractivity contribution in [3.8, 4) is 0 Å². The maximum absolute atomic E-state index is 12.7. The first kappa shape index (κ1) is 14.3. The first-order chi connectivity index (χ1) is 8.97.